The quantitative estimate of drug-likeness (QED) is 0.707. The Morgan fingerprint density at radius 3 is 2.92 bits per heavy atom. The number of hydrogen-bond donors (Lipinski definition) is 1. The number of amides is 1. The summed E-state index contributed by atoms with van der Waals surface area (Å²) in [6.07, 6.45) is 1.66. The largest absolute Gasteiger partial charge is 0.305 e. The Kier molecular flexibility index (Phi) is 4.96. The molecule has 0 aliphatic rings. The number of benzene rings is 1. The Bertz CT molecular complexity index is 844. The molecule has 1 N–H and O–H groups in total. The van der Waals surface area contributed by atoms with Gasteiger partial charge in [0.15, 0.2) is 16.1 Å². The van der Waals surface area contributed by atoms with Gasteiger partial charge in [0.1, 0.15) is 0 Å². The van der Waals surface area contributed by atoms with E-state index in [4.69, 9.17) is 0 Å². The lowest BCUT2D eigenvalue weighted by Gasteiger charge is -2.10. The van der Waals surface area contributed by atoms with E-state index >= 15 is 0 Å². The molecule has 1 atom stereocenters. The Labute approximate surface area is 148 Å². The molecule has 0 radical (unpaired) electrons. The van der Waals surface area contributed by atoms with Gasteiger partial charge in [-0.2, -0.15) is 0 Å². The van der Waals surface area contributed by atoms with Gasteiger partial charge >= 0.3 is 0 Å². The van der Waals surface area contributed by atoms with Gasteiger partial charge in [-0.3, -0.25) is 4.79 Å². The highest BCUT2D eigenvalue weighted by Gasteiger charge is 2.20. The van der Waals surface area contributed by atoms with Gasteiger partial charge in [0.2, 0.25) is 5.91 Å². The molecule has 6 nitrogen and oxygen atoms in total. The van der Waals surface area contributed by atoms with Gasteiger partial charge in [0.05, 0.1) is 5.25 Å². The van der Waals surface area contributed by atoms with Crippen molar-refractivity contribution in [3.63, 3.8) is 0 Å². The molecule has 1 aromatic carbocycles. The summed E-state index contributed by atoms with van der Waals surface area (Å²) in [5, 5.41) is 14.1. The molecule has 0 saturated carbocycles. The molecule has 0 aliphatic carbocycles. The Morgan fingerprint density at radius 2 is 2.21 bits per heavy atom. The van der Waals surface area contributed by atoms with Gasteiger partial charge in [-0.15, -0.1) is 21.5 Å². The molecule has 0 fully saturated rings. The zero-order valence-electron chi connectivity index (χ0n) is 13.6. The number of hydrogen-bond acceptors (Lipinski definition) is 6. The normalized spacial score (nSPS) is 12.1. The molecule has 1 amide bonds. The Morgan fingerprint density at radius 1 is 1.38 bits per heavy atom. The summed E-state index contributed by atoms with van der Waals surface area (Å²) < 4.78 is 1.91. The molecule has 0 spiro atoms. The first-order valence-electron chi connectivity index (χ1n) is 7.38. The van der Waals surface area contributed by atoms with Crippen molar-refractivity contribution in [1.29, 1.82) is 0 Å². The van der Waals surface area contributed by atoms with Crippen LogP contribution in [0, 0.1) is 6.92 Å². The highest BCUT2D eigenvalue weighted by molar-refractivity contribution is 8.00. The fourth-order valence-corrected chi connectivity index (χ4v) is 3.50. The summed E-state index contributed by atoms with van der Waals surface area (Å²) >= 11 is 2.77. The summed E-state index contributed by atoms with van der Waals surface area (Å²) in [6.45, 7) is 3.88. The summed E-state index contributed by atoms with van der Waals surface area (Å²) in [5.74, 6) is 0.684. The van der Waals surface area contributed by atoms with E-state index in [9.17, 15) is 4.79 Å². The monoisotopic (exact) mass is 359 g/mol. The number of aryl methyl sites for hydroxylation is 1. The number of nitrogens with zero attached hydrogens (tertiary/aromatic N) is 4. The molecule has 3 rings (SSSR count). The maximum atomic E-state index is 12.2. The van der Waals surface area contributed by atoms with Crippen molar-refractivity contribution in [2.45, 2.75) is 24.3 Å². The summed E-state index contributed by atoms with van der Waals surface area (Å²) in [5.41, 5.74) is 2.18. The SMILES string of the molecule is Cc1cccc(-c2nnc(SC(C)C(=O)Nc3nccs3)n2C)c1. The standard InChI is InChI=1S/C16H17N5OS2/c1-10-5-4-6-12(9-10)13-19-20-16(21(13)3)24-11(2)14(22)18-15-17-7-8-23-15/h4-9,11H,1-3H3,(H,17,18,22). The number of aromatic nitrogens is 4. The second-order valence-corrected chi connectivity index (χ2v) is 7.52. The molecule has 2 aromatic heterocycles. The maximum absolute atomic E-state index is 12.2. The molecule has 0 aliphatic heterocycles. The van der Waals surface area contributed by atoms with Crippen LogP contribution in [0.2, 0.25) is 0 Å². The summed E-state index contributed by atoms with van der Waals surface area (Å²) in [4.78, 5) is 16.3. The number of carbonyl (C=O) groups is 1. The highest BCUT2D eigenvalue weighted by atomic mass is 32.2. The van der Waals surface area contributed by atoms with Crippen LogP contribution < -0.4 is 5.32 Å². The fraction of sp³-hybridized carbons (Fsp3) is 0.250. The van der Waals surface area contributed by atoms with Crippen LogP contribution in [0.25, 0.3) is 11.4 Å². The van der Waals surface area contributed by atoms with Gasteiger partial charge in [-0.05, 0) is 19.9 Å². The molecule has 8 heteroatoms. The minimum atomic E-state index is -0.304. The van der Waals surface area contributed by atoms with Crippen LogP contribution in [0.15, 0.2) is 41.0 Å². The Balaban J connectivity index is 1.73. The van der Waals surface area contributed by atoms with Crippen molar-refractivity contribution in [3.05, 3.63) is 41.4 Å². The first kappa shape index (κ1) is 16.7. The molecule has 2 heterocycles. The maximum Gasteiger partial charge on any atom is 0.239 e. The number of rotatable bonds is 5. The minimum Gasteiger partial charge on any atom is -0.305 e. The predicted molar refractivity (Wildman–Crippen MR) is 97.2 cm³/mol. The number of thiazole rings is 1. The van der Waals surface area contributed by atoms with E-state index in [0.29, 0.717) is 10.3 Å². The molecule has 0 saturated heterocycles. The van der Waals surface area contributed by atoms with Crippen LogP contribution in [0.5, 0.6) is 0 Å². The van der Waals surface area contributed by atoms with E-state index in [2.05, 4.69) is 26.6 Å². The van der Waals surface area contributed by atoms with E-state index in [1.165, 1.54) is 28.7 Å². The van der Waals surface area contributed by atoms with E-state index < -0.39 is 0 Å². The van der Waals surface area contributed by atoms with Crippen LogP contribution in [-0.2, 0) is 11.8 Å². The lowest BCUT2D eigenvalue weighted by Crippen LogP contribution is -2.22. The second kappa shape index (κ2) is 7.14. The number of anilines is 1. The van der Waals surface area contributed by atoms with Crippen molar-refractivity contribution in [2.75, 3.05) is 5.32 Å². The number of nitrogens with one attached hydrogen (secondary N) is 1. The van der Waals surface area contributed by atoms with E-state index in [1.54, 1.807) is 6.20 Å². The van der Waals surface area contributed by atoms with Crippen LogP contribution >= 0.6 is 23.1 Å². The molecular formula is C16H17N5OS2. The van der Waals surface area contributed by atoms with Crippen LogP contribution in [0.4, 0.5) is 5.13 Å². The molecule has 3 aromatic rings. The molecule has 24 heavy (non-hydrogen) atoms. The van der Waals surface area contributed by atoms with Crippen LogP contribution in [-0.4, -0.2) is 30.9 Å². The van der Waals surface area contributed by atoms with Crippen LogP contribution in [0.3, 0.4) is 0 Å². The van der Waals surface area contributed by atoms with Gasteiger partial charge in [0.25, 0.3) is 0 Å². The second-order valence-electron chi connectivity index (χ2n) is 5.32. The third kappa shape index (κ3) is 3.65. The van der Waals surface area contributed by atoms with Gasteiger partial charge in [-0.25, -0.2) is 4.98 Å². The van der Waals surface area contributed by atoms with Gasteiger partial charge < -0.3 is 9.88 Å². The average Bonchev–Trinajstić information content (AvgIpc) is 3.18. The minimum absolute atomic E-state index is 0.102. The predicted octanol–water partition coefficient (Wildman–Crippen LogP) is 3.37. The number of carbonyl (C=O) groups excluding carboxylic acids is 1. The van der Waals surface area contributed by atoms with Crippen molar-refractivity contribution in [3.8, 4) is 11.4 Å². The average molecular weight is 359 g/mol. The van der Waals surface area contributed by atoms with Gasteiger partial charge in [0, 0.05) is 24.2 Å². The Hall–Kier alpha value is -2.19. The lowest BCUT2D eigenvalue weighted by atomic mass is 10.1. The van der Waals surface area contributed by atoms with Crippen LogP contribution in [0.1, 0.15) is 12.5 Å². The smallest absolute Gasteiger partial charge is 0.239 e. The highest BCUT2D eigenvalue weighted by Crippen LogP contribution is 2.26. The van der Waals surface area contributed by atoms with Crippen molar-refractivity contribution >= 4 is 34.1 Å². The van der Waals surface area contributed by atoms with Crippen molar-refractivity contribution < 1.29 is 4.79 Å². The van der Waals surface area contributed by atoms with Crippen molar-refractivity contribution in [2.24, 2.45) is 7.05 Å². The van der Waals surface area contributed by atoms with E-state index in [-0.39, 0.29) is 11.2 Å². The molecule has 1 unspecified atom stereocenters. The summed E-state index contributed by atoms with van der Waals surface area (Å²) in [7, 11) is 1.91. The third-order valence-corrected chi connectivity index (χ3v) is 5.25. The van der Waals surface area contributed by atoms with Crippen molar-refractivity contribution in [1.82, 2.24) is 19.7 Å². The molecule has 0 bridgehead atoms. The molecular weight excluding hydrogens is 342 g/mol. The lowest BCUT2D eigenvalue weighted by molar-refractivity contribution is -0.115. The first-order chi connectivity index (χ1) is 11.5. The van der Waals surface area contributed by atoms with E-state index in [1.807, 2.05) is 49.0 Å². The zero-order chi connectivity index (χ0) is 17.1. The molecule has 124 valence electrons. The zero-order valence-corrected chi connectivity index (χ0v) is 15.2. The fourth-order valence-electron chi connectivity index (χ4n) is 2.16. The summed E-state index contributed by atoms with van der Waals surface area (Å²) in [6, 6.07) is 8.11. The number of thioether (sulfide) groups is 1. The van der Waals surface area contributed by atoms with Gasteiger partial charge in [-0.1, -0.05) is 35.5 Å². The third-order valence-electron chi connectivity index (χ3n) is 3.43. The first-order valence-corrected chi connectivity index (χ1v) is 9.14. The van der Waals surface area contributed by atoms with E-state index in [0.717, 1.165) is 11.4 Å². The topological polar surface area (TPSA) is 72.7 Å².